The molecule has 2 aliphatic carbocycles. The highest BCUT2D eigenvalue weighted by Crippen LogP contribution is 2.41. The molecule has 2 aliphatic rings. The van der Waals surface area contributed by atoms with E-state index in [1.54, 1.807) is 0 Å². The molecule has 15 heavy (non-hydrogen) atoms. The minimum atomic E-state index is -0.107. The maximum atomic E-state index is 9.94. The van der Waals surface area contributed by atoms with E-state index in [9.17, 15) is 5.11 Å². The van der Waals surface area contributed by atoms with Crippen molar-refractivity contribution in [1.29, 1.82) is 0 Å². The molecule has 2 fully saturated rings. The lowest BCUT2D eigenvalue weighted by Gasteiger charge is -2.43. The number of rotatable bonds is 3. The Morgan fingerprint density at radius 1 is 1.00 bits per heavy atom. The largest absolute Gasteiger partial charge is 0.394 e. The molecular weight excluding hydrogens is 192 g/mol. The molecule has 2 saturated carbocycles. The number of ether oxygens (including phenoxy) is 1. The predicted octanol–water partition coefficient (Wildman–Crippen LogP) is 1.32. The fourth-order valence-electron chi connectivity index (χ4n) is 3.30. The lowest BCUT2D eigenvalue weighted by molar-refractivity contribution is -0.0970. The topological polar surface area (TPSA) is 49.7 Å². The third kappa shape index (κ3) is 2.52. The van der Waals surface area contributed by atoms with Crippen molar-refractivity contribution >= 4 is 0 Å². The number of aliphatic hydroxyl groups is 2. The first-order chi connectivity index (χ1) is 7.33. The van der Waals surface area contributed by atoms with Gasteiger partial charge in [-0.1, -0.05) is 12.8 Å². The molecule has 0 aromatic heterocycles. The molecule has 0 saturated heterocycles. The smallest absolute Gasteiger partial charge is 0.0701 e. The molecule has 0 spiro atoms. The molecule has 88 valence electrons. The third-order valence-corrected chi connectivity index (χ3v) is 4.02. The predicted molar refractivity (Wildman–Crippen MR) is 57.5 cm³/mol. The maximum absolute atomic E-state index is 9.94. The van der Waals surface area contributed by atoms with E-state index in [-0.39, 0.29) is 18.8 Å². The van der Waals surface area contributed by atoms with Gasteiger partial charge in [0.25, 0.3) is 0 Å². The Kier molecular flexibility index (Phi) is 4.00. The van der Waals surface area contributed by atoms with Crippen molar-refractivity contribution in [3.05, 3.63) is 0 Å². The first kappa shape index (κ1) is 11.4. The van der Waals surface area contributed by atoms with E-state index in [1.165, 1.54) is 19.3 Å². The zero-order valence-electron chi connectivity index (χ0n) is 9.27. The van der Waals surface area contributed by atoms with Crippen molar-refractivity contribution in [2.45, 2.75) is 50.7 Å². The van der Waals surface area contributed by atoms with Crippen LogP contribution < -0.4 is 0 Å². The zero-order chi connectivity index (χ0) is 10.7. The summed E-state index contributed by atoms with van der Waals surface area (Å²) in [5, 5.41) is 18.7. The van der Waals surface area contributed by atoms with Crippen LogP contribution in [0.15, 0.2) is 0 Å². The van der Waals surface area contributed by atoms with Gasteiger partial charge >= 0.3 is 0 Å². The van der Waals surface area contributed by atoms with Crippen molar-refractivity contribution < 1.29 is 14.9 Å². The Bertz CT molecular complexity index is 193. The number of hydrogen-bond donors (Lipinski definition) is 2. The summed E-state index contributed by atoms with van der Waals surface area (Å²) in [6.07, 6.45) is 6.88. The van der Waals surface area contributed by atoms with Crippen LogP contribution in [0.5, 0.6) is 0 Å². The number of hydrogen-bond acceptors (Lipinski definition) is 3. The average Bonchev–Trinajstić information content (AvgIpc) is 2.29. The van der Waals surface area contributed by atoms with Crippen LogP contribution in [-0.2, 0) is 4.74 Å². The Balaban J connectivity index is 1.94. The highest BCUT2D eigenvalue weighted by molar-refractivity contribution is 4.90. The van der Waals surface area contributed by atoms with Crippen molar-refractivity contribution in [3.63, 3.8) is 0 Å². The summed E-state index contributed by atoms with van der Waals surface area (Å²) in [6.45, 7) is 0.556. The van der Waals surface area contributed by atoms with E-state index in [1.807, 2.05) is 0 Å². The molecular formula is C12H22O3. The van der Waals surface area contributed by atoms with E-state index in [0.29, 0.717) is 18.4 Å². The number of fused-ring (bicyclic) bond motifs is 1. The third-order valence-electron chi connectivity index (χ3n) is 4.02. The minimum absolute atomic E-state index is 0.107. The molecule has 0 bridgehead atoms. The standard InChI is InChI=1S/C12H22O3/c13-7-8-15-12-6-5-11(14)9-3-1-2-4-10(9)12/h9-14H,1-8H2/t9-,10-,11+,12-/m1/s1. The molecule has 4 atom stereocenters. The highest BCUT2D eigenvalue weighted by Gasteiger charge is 2.40. The summed E-state index contributed by atoms with van der Waals surface area (Å²) >= 11 is 0. The summed E-state index contributed by atoms with van der Waals surface area (Å²) in [4.78, 5) is 0. The molecule has 0 amide bonds. The van der Waals surface area contributed by atoms with Gasteiger partial charge in [0.05, 0.1) is 25.4 Å². The SMILES string of the molecule is OCCO[C@@H]1CC[C@H](O)[C@@H]2CCCC[C@H]21. The van der Waals surface area contributed by atoms with Crippen LogP contribution in [0.1, 0.15) is 38.5 Å². The Morgan fingerprint density at radius 3 is 2.47 bits per heavy atom. The molecule has 3 nitrogen and oxygen atoms in total. The van der Waals surface area contributed by atoms with Crippen LogP contribution in [-0.4, -0.2) is 35.6 Å². The second kappa shape index (κ2) is 5.28. The van der Waals surface area contributed by atoms with E-state index in [4.69, 9.17) is 9.84 Å². The van der Waals surface area contributed by atoms with Gasteiger partial charge in [0.1, 0.15) is 0 Å². The molecule has 2 N–H and O–H groups in total. The summed E-state index contributed by atoms with van der Waals surface area (Å²) in [7, 11) is 0. The van der Waals surface area contributed by atoms with Crippen LogP contribution >= 0.6 is 0 Å². The lowest BCUT2D eigenvalue weighted by Crippen LogP contribution is -2.44. The molecule has 2 rings (SSSR count). The van der Waals surface area contributed by atoms with Gasteiger partial charge in [-0.2, -0.15) is 0 Å². The summed E-state index contributed by atoms with van der Waals surface area (Å²) < 4.78 is 5.69. The van der Waals surface area contributed by atoms with Crippen molar-refractivity contribution in [3.8, 4) is 0 Å². The Labute approximate surface area is 91.4 Å². The highest BCUT2D eigenvalue weighted by atomic mass is 16.5. The fourth-order valence-corrected chi connectivity index (χ4v) is 3.30. The summed E-state index contributed by atoms with van der Waals surface area (Å²) in [5.41, 5.74) is 0. The second-order valence-corrected chi connectivity index (χ2v) is 4.89. The van der Waals surface area contributed by atoms with Gasteiger partial charge < -0.3 is 14.9 Å². The summed E-state index contributed by atoms with van der Waals surface area (Å²) in [6, 6.07) is 0. The van der Waals surface area contributed by atoms with Gasteiger partial charge in [0, 0.05) is 0 Å². The van der Waals surface area contributed by atoms with Crippen LogP contribution in [0, 0.1) is 11.8 Å². The maximum Gasteiger partial charge on any atom is 0.0701 e. The van der Waals surface area contributed by atoms with Crippen molar-refractivity contribution in [2.75, 3.05) is 13.2 Å². The molecule has 0 aromatic carbocycles. The van der Waals surface area contributed by atoms with Gasteiger partial charge in [-0.3, -0.25) is 0 Å². The minimum Gasteiger partial charge on any atom is -0.394 e. The molecule has 0 aliphatic heterocycles. The molecule has 0 aromatic rings. The van der Waals surface area contributed by atoms with Crippen molar-refractivity contribution in [2.24, 2.45) is 11.8 Å². The van der Waals surface area contributed by atoms with E-state index in [0.717, 1.165) is 19.3 Å². The van der Waals surface area contributed by atoms with Gasteiger partial charge in [-0.05, 0) is 37.5 Å². The second-order valence-electron chi connectivity index (χ2n) is 4.89. The first-order valence-electron chi connectivity index (χ1n) is 6.23. The molecule has 0 heterocycles. The monoisotopic (exact) mass is 214 g/mol. The first-order valence-corrected chi connectivity index (χ1v) is 6.23. The average molecular weight is 214 g/mol. The van der Waals surface area contributed by atoms with E-state index in [2.05, 4.69) is 0 Å². The van der Waals surface area contributed by atoms with Gasteiger partial charge in [-0.15, -0.1) is 0 Å². The molecule has 3 heteroatoms. The fraction of sp³-hybridized carbons (Fsp3) is 1.00. The van der Waals surface area contributed by atoms with E-state index < -0.39 is 0 Å². The van der Waals surface area contributed by atoms with Gasteiger partial charge in [0.15, 0.2) is 0 Å². The van der Waals surface area contributed by atoms with Gasteiger partial charge in [0.2, 0.25) is 0 Å². The molecule has 0 radical (unpaired) electrons. The van der Waals surface area contributed by atoms with Crippen LogP contribution in [0.3, 0.4) is 0 Å². The lowest BCUT2D eigenvalue weighted by atomic mass is 9.68. The quantitative estimate of drug-likeness (QED) is 0.745. The van der Waals surface area contributed by atoms with Crippen LogP contribution in [0.25, 0.3) is 0 Å². The van der Waals surface area contributed by atoms with E-state index >= 15 is 0 Å². The normalized spacial score (nSPS) is 41.2. The van der Waals surface area contributed by atoms with Crippen LogP contribution in [0.4, 0.5) is 0 Å². The van der Waals surface area contributed by atoms with Crippen LogP contribution in [0.2, 0.25) is 0 Å². The number of aliphatic hydroxyl groups excluding tert-OH is 2. The summed E-state index contributed by atoms with van der Waals surface area (Å²) in [5.74, 6) is 0.991. The Morgan fingerprint density at radius 2 is 1.73 bits per heavy atom. The Hall–Kier alpha value is -0.120. The van der Waals surface area contributed by atoms with Gasteiger partial charge in [-0.25, -0.2) is 0 Å². The molecule has 0 unspecified atom stereocenters. The zero-order valence-corrected chi connectivity index (χ0v) is 9.27. The van der Waals surface area contributed by atoms with Crippen molar-refractivity contribution in [1.82, 2.24) is 0 Å².